The molecule has 3 amide bonds. The van der Waals surface area contributed by atoms with Crippen LogP contribution in [0.3, 0.4) is 0 Å². The maximum Gasteiger partial charge on any atom is 0.313 e. The molecule has 0 aliphatic carbocycles. The number of carbonyl (C=O) groups is 4. The summed E-state index contributed by atoms with van der Waals surface area (Å²) in [6.45, 7) is 23.8. The molecule has 0 aromatic heterocycles. The first kappa shape index (κ1) is 40.3. The average Bonchev–Trinajstić information content (AvgIpc) is 3.70. The maximum atomic E-state index is 15.1. The molecule has 10 nitrogen and oxygen atoms in total. The van der Waals surface area contributed by atoms with Crippen molar-refractivity contribution in [2.45, 2.75) is 135 Å². The highest BCUT2D eigenvalue weighted by Gasteiger charge is 2.76. The first-order valence-corrected chi connectivity index (χ1v) is 18.6. The summed E-state index contributed by atoms with van der Waals surface area (Å²) in [5.74, 6) is -3.24. The Balaban J connectivity index is 1.75. The Morgan fingerprint density at radius 3 is 2.35 bits per heavy atom. The molecule has 51 heavy (non-hydrogen) atoms. The van der Waals surface area contributed by atoms with Crippen molar-refractivity contribution in [2.24, 2.45) is 23.2 Å². The van der Waals surface area contributed by atoms with E-state index in [-0.39, 0.29) is 48.6 Å². The number of carbonyl (C=O) groups excluding carboxylic acids is 4. The van der Waals surface area contributed by atoms with E-state index in [0.717, 1.165) is 0 Å². The largest absolute Gasteiger partial charge is 0.455 e. The third-order valence-electron chi connectivity index (χ3n) is 10.7. The minimum atomic E-state index is -1.27. The minimum absolute atomic E-state index is 0.102. The van der Waals surface area contributed by atoms with E-state index in [1.165, 1.54) is 0 Å². The van der Waals surface area contributed by atoms with Crippen LogP contribution < -0.4 is 5.32 Å². The first-order chi connectivity index (χ1) is 23.9. The molecule has 282 valence electrons. The number of benzene rings is 1. The van der Waals surface area contributed by atoms with E-state index in [1.54, 1.807) is 28.9 Å². The fourth-order valence-electron chi connectivity index (χ4n) is 9.10. The number of amides is 3. The highest BCUT2D eigenvalue weighted by atomic mass is 16.6. The quantitative estimate of drug-likeness (QED) is 0.156. The van der Waals surface area contributed by atoms with Crippen LogP contribution >= 0.6 is 0 Å². The summed E-state index contributed by atoms with van der Waals surface area (Å²) in [5.41, 5.74) is -1.28. The predicted octanol–water partition coefficient (Wildman–Crippen LogP) is 5.75. The summed E-state index contributed by atoms with van der Waals surface area (Å²) in [7, 11) is 0. The van der Waals surface area contributed by atoms with Crippen LogP contribution in [0.5, 0.6) is 0 Å². The van der Waals surface area contributed by atoms with Gasteiger partial charge in [0.05, 0.1) is 36.6 Å². The molecule has 0 saturated carbocycles. The molecule has 3 aliphatic heterocycles. The molecular weight excluding hydrogens is 646 g/mol. The number of aliphatic hydroxyl groups is 1. The lowest BCUT2D eigenvalue weighted by Crippen LogP contribution is -2.62. The third-order valence-corrected chi connectivity index (χ3v) is 10.7. The van der Waals surface area contributed by atoms with Crippen LogP contribution in [0.25, 0.3) is 0 Å². The van der Waals surface area contributed by atoms with Gasteiger partial charge in [0.25, 0.3) is 0 Å². The summed E-state index contributed by atoms with van der Waals surface area (Å²) in [6.07, 6.45) is 4.75. The number of likely N-dealkylation sites (tertiary alicyclic amines) is 1. The Hall–Kier alpha value is -3.50. The van der Waals surface area contributed by atoms with Gasteiger partial charge in [0, 0.05) is 18.5 Å². The van der Waals surface area contributed by atoms with E-state index in [0.29, 0.717) is 37.7 Å². The lowest BCUT2D eigenvalue weighted by Gasteiger charge is -2.46. The molecule has 1 spiro atoms. The van der Waals surface area contributed by atoms with Crippen LogP contribution in [0.2, 0.25) is 0 Å². The zero-order valence-corrected chi connectivity index (χ0v) is 32.0. The second kappa shape index (κ2) is 16.0. The molecule has 2 bridgehead atoms. The van der Waals surface area contributed by atoms with Gasteiger partial charge in [0.1, 0.15) is 17.7 Å². The predicted molar refractivity (Wildman–Crippen MR) is 197 cm³/mol. The normalized spacial score (nSPS) is 26.0. The van der Waals surface area contributed by atoms with Crippen molar-refractivity contribution in [1.82, 2.24) is 15.1 Å². The average molecular weight is 708 g/mol. The number of nitrogens with one attached hydrogen (secondary N) is 1. The van der Waals surface area contributed by atoms with Crippen molar-refractivity contribution in [3.8, 4) is 0 Å². The van der Waals surface area contributed by atoms with Crippen LogP contribution in [0.1, 0.15) is 106 Å². The van der Waals surface area contributed by atoms with Crippen LogP contribution in [0, 0.1) is 23.2 Å². The molecule has 10 heteroatoms. The van der Waals surface area contributed by atoms with Crippen molar-refractivity contribution < 1.29 is 33.8 Å². The summed E-state index contributed by atoms with van der Waals surface area (Å²) >= 11 is 0. The van der Waals surface area contributed by atoms with Gasteiger partial charge in [-0.2, -0.15) is 0 Å². The van der Waals surface area contributed by atoms with Gasteiger partial charge in [-0.15, -0.1) is 13.2 Å². The van der Waals surface area contributed by atoms with Crippen LogP contribution in [-0.2, 0) is 28.7 Å². The van der Waals surface area contributed by atoms with E-state index in [9.17, 15) is 19.5 Å². The maximum absolute atomic E-state index is 15.1. The monoisotopic (exact) mass is 707 g/mol. The van der Waals surface area contributed by atoms with Gasteiger partial charge in [0.15, 0.2) is 0 Å². The van der Waals surface area contributed by atoms with Gasteiger partial charge in [0.2, 0.25) is 17.7 Å². The molecule has 0 radical (unpaired) electrons. The highest BCUT2D eigenvalue weighted by molar-refractivity contribution is 5.98. The summed E-state index contributed by atoms with van der Waals surface area (Å²) < 4.78 is 13.0. The molecule has 8 atom stereocenters. The minimum Gasteiger partial charge on any atom is -0.455 e. The van der Waals surface area contributed by atoms with Gasteiger partial charge < -0.3 is 29.7 Å². The van der Waals surface area contributed by atoms with Crippen molar-refractivity contribution in [3.63, 3.8) is 0 Å². The number of nitrogens with zero attached hydrogens (tertiary/aromatic N) is 2. The Morgan fingerprint density at radius 2 is 1.78 bits per heavy atom. The van der Waals surface area contributed by atoms with Gasteiger partial charge in [-0.3, -0.25) is 19.2 Å². The second-order valence-electron chi connectivity index (χ2n) is 17.0. The van der Waals surface area contributed by atoms with Gasteiger partial charge >= 0.3 is 5.97 Å². The molecule has 4 rings (SSSR count). The molecule has 1 aromatic rings. The van der Waals surface area contributed by atoms with Crippen molar-refractivity contribution >= 4 is 23.7 Å². The molecule has 3 fully saturated rings. The number of fused-ring (bicyclic) bond motifs is 1. The Morgan fingerprint density at radius 1 is 1.12 bits per heavy atom. The molecule has 2 N–H and O–H groups in total. The van der Waals surface area contributed by atoms with Gasteiger partial charge in [-0.25, -0.2) is 0 Å². The number of allylic oxidation sites excluding steroid dienone is 1. The zero-order chi connectivity index (χ0) is 37.9. The number of hydrogen-bond donors (Lipinski definition) is 2. The number of ether oxygens (including phenoxy) is 2. The molecule has 0 unspecified atom stereocenters. The lowest BCUT2D eigenvalue weighted by atomic mass is 9.70. The Kier molecular flexibility index (Phi) is 12.7. The first-order valence-electron chi connectivity index (χ1n) is 18.6. The molecule has 3 heterocycles. The fraction of sp³-hybridized carbons (Fsp3) is 0.659. The standard InChI is InChI=1S/C41H61N3O7/c1-11-13-19-31(46)42-27(5)34(28-17-15-14-16-18-28)50-38(49)32-30-20-21-41(51-30)33(32)36(47)44(29(24-45)23-26(3)4)35(41)37(48)43(22-12-2)40(9,10)25-39(6,7)8/h11-12,14-18,26-27,29-30,32-35,45H,1-2,13,19-25H2,3-10H3,(H,42,46)/t27-,29-,30+,32-,33-,34-,35+,41-/m1/s1. The van der Waals surface area contributed by atoms with Gasteiger partial charge in [-0.05, 0) is 69.8 Å². The zero-order valence-electron chi connectivity index (χ0n) is 32.0. The van der Waals surface area contributed by atoms with Crippen molar-refractivity contribution in [3.05, 3.63) is 61.2 Å². The lowest BCUT2D eigenvalue weighted by molar-refractivity contribution is -0.163. The molecule has 1 aromatic carbocycles. The number of esters is 1. The van der Waals surface area contributed by atoms with E-state index in [4.69, 9.17) is 9.47 Å². The van der Waals surface area contributed by atoms with E-state index < -0.39 is 59.3 Å². The summed E-state index contributed by atoms with van der Waals surface area (Å²) in [5, 5.41) is 13.7. The summed E-state index contributed by atoms with van der Waals surface area (Å²) in [6, 6.07) is 6.95. The molecular formula is C41H61N3O7. The molecule has 3 aliphatic rings. The molecule has 3 saturated heterocycles. The number of hydrogen-bond acceptors (Lipinski definition) is 7. The fourth-order valence-corrected chi connectivity index (χ4v) is 9.10. The van der Waals surface area contributed by atoms with E-state index in [1.807, 2.05) is 58.0 Å². The van der Waals surface area contributed by atoms with Crippen LogP contribution in [-0.4, -0.2) is 87.1 Å². The van der Waals surface area contributed by atoms with Gasteiger partial charge in [-0.1, -0.05) is 77.1 Å². The van der Waals surface area contributed by atoms with Crippen molar-refractivity contribution in [2.75, 3.05) is 13.2 Å². The Bertz CT molecular complexity index is 1440. The number of rotatable bonds is 17. The SMILES string of the molecule is C=CCCC(=O)N[C@H](C)[C@@H](OC(=O)[C@@H]1[C@@H]2CC[C@]3(O2)[C@H](C(=O)N(CC=C)C(C)(C)CC(C)(C)C)N([C@@H](CO)CC(C)C)C(=O)[C@@H]13)c1ccccc1. The topological polar surface area (TPSA) is 125 Å². The Labute approximate surface area is 305 Å². The smallest absolute Gasteiger partial charge is 0.313 e. The second-order valence-corrected chi connectivity index (χ2v) is 17.0. The summed E-state index contributed by atoms with van der Waals surface area (Å²) in [4.78, 5) is 60.5. The highest BCUT2D eigenvalue weighted by Crippen LogP contribution is 2.60. The third kappa shape index (κ3) is 8.43. The number of aliphatic hydroxyl groups excluding tert-OH is 1. The van der Waals surface area contributed by atoms with Crippen molar-refractivity contribution in [1.29, 1.82) is 0 Å². The van der Waals surface area contributed by atoms with Crippen LogP contribution in [0.4, 0.5) is 0 Å². The van der Waals surface area contributed by atoms with Crippen LogP contribution in [0.15, 0.2) is 55.6 Å². The van der Waals surface area contributed by atoms with E-state index in [2.05, 4.69) is 39.2 Å². The van der Waals surface area contributed by atoms with E-state index >= 15 is 4.79 Å².